The second-order valence-corrected chi connectivity index (χ2v) is 5.07. The second kappa shape index (κ2) is 5.18. The summed E-state index contributed by atoms with van der Waals surface area (Å²) >= 11 is 1.09. The monoisotopic (exact) mass is 289 g/mol. The first-order valence-electron chi connectivity index (χ1n) is 5.37. The van der Waals surface area contributed by atoms with E-state index in [1.54, 1.807) is 0 Å². The van der Waals surface area contributed by atoms with Crippen molar-refractivity contribution in [1.29, 1.82) is 0 Å². The van der Waals surface area contributed by atoms with E-state index in [2.05, 4.69) is 0 Å². The van der Waals surface area contributed by atoms with E-state index >= 15 is 0 Å². The number of carbonyl (C=O) groups excluding carboxylic acids is 1. The van der Waals surface area contributed by atoms with Crippen molar-refractivity contribution in [2.45, 2.75) is 5.92 Å². The Labute approximate surface area is 110 Å². The molecule has 0 aliphatic rings. The molecule has 19 heavy (non-hydrogen) atoms. The highest BCUT2D eigenvalue weighted by Crippen LogP contribution is 2.26. The van der Waals surface area contributed by atoms with Crippen molar-refractivity contribution in [1.82, 2.24) is 5.32 Å². The van der Waals surface area contributed by atoms with Crippen molar-refractivity contribution in [3.8, 4) is 0 Å². The van der Waals surface area contributed by atoms with Crippen molar-refractivity contribution in [2.75, 3.05) is 13.2 Å². The van der Waals surface area contributed by atoms with Gasteiger partial charge in [-0.05, 0) is 29.7 Å². The van der Waals surface area contributed by atoms with Crippen LogP contribution in [0.5, 0.6) is 0 Å². The van der Waals surface area contributed by atoms with Crippen molar-refractivity contribution in [3.63, 3.8) is 0 Å². The predicted octanol–water partition coefficient (Wildman–Crippen LogP) is 2.40. The molecule has 2 N–H and O–H groups in total. The summed E-state index contributed by atoms with van der Waals surface area (Å²) in [6, 6.07) is 5.50. The maximum atomic E-state index is 13.0. The van der Waals surface area contributed by atoms with Gasteiger partial charge in [0.2, 0.25) is 0 Å². The molecule has 0 unspecified atom stereocenters. The molecule has 0 spiro atoms. The smallest absolute Gasteiger partial charge is 0.287 e. The van der Waals surface area contributed by atoms with Crippen LogP contribution in [0.3, 0.4) is 0 Å². The number of benzene rings is 1. The van der Waals surface area contributed by atoms with Gasteiger partial charge in [0.15, 0.2) is 0 Å². The van der Waals surface area contributed by atoms with Crippen LogP contribution in [0.2, 0.25) is 0 Å². The van der Waals surface area contributed by atoms with Gasteiger partial charge in [-0.25, -0.2) is 13.2 Å². The minimum Gasteiger partial charge on any atom is -0.390 e. The highest BCUT2D eigenvalue weighted by Gasteiger charge is 2.28. The molecule has 102 valence electrons. The predicted molar refractivity (Wildman–Crippen MR) is 66.1 cm³/mol. The van der Waals surface area contributed by atoms with Gasteiger partial charge in [-0.2, -0.15) is 0 Å². The Morgan fingerprint density at radius 3 is 2.79 bits per heavy atom. The first kappa shape index (κ1) is 13.8. The Balaban J connectivity index is 2.13. The molecule has 0 aliphatic carbocycles. The molecule has 0 saturated heterocycles. The number of halogens is 3. The number of alkyl halides is 2. The van der Waals surface area contributed by atoms with E-state index in [1.807, 2.05) is 5.32 Å². The van der Waals surface area contributed by atoms with Gasteiger partial charge >= 0.3 is 0 Å². The third-order valence-corrected chi connectivity index (χ3v) is 3.56. The van der Waals surface area contributed by atoms with E-state index in [0.717, 1.165) is 11.3 Å². The molecule has 0 fully saturated rings. The maximum Gasteiger partial charge on any atom is 0.287 e. The number of amides is 1. The number of aliphatic hydroxyl groups excluding tert-OH is 1. The van der Waals surface area contributed by atoms with Crippen molar-refractivity contribution in [3.05, 3.63) is 35.0 Å². The van der Waals surface area contributed by atoms with E-state index in [-0.39, 0.29) is 4.88 Å². The zero-order valence-corrected chi connectivity index (χ0v) is 10.4. The van der Waals surface area contributed by atoms with Crippen LogP contribution in [0.4, 0.5) is 13.2 Å². The Morgan fingerprint density at radius 2 is 2.11 bits per heavy atom. The van der Waals surface area contributed by atoms with Crippen LogP contribution >= 0.6 is 11.3 Å². The summed E-state index contributed by atoms with van der Waals surface area (Å²) in [7, 11) is 0. The van der Waals surface area contributed by atoms with Crippen molar-refractivity contribution >= 4 is 27.3 Å². The number of nitrogens with one attached hydrogen (secondary N) is 1. The number of hydrogen-bond donors (Lipinski definition) is 2. The maximum absolute atomic E-state index is 13.0. The lowest BCUT2D eigenvalue weighted by atomic mass is 10.2. The average molecular weight is 289 g/mol. The molecule has 0 aliphatic heterocycles. The standard InChI is InChI=1S/C12H10F3NO2S/c13-8-1-2-9-7(3-8)4-10(19-9)11(18)16-5-12(14,15)6-17/h1-4,17H,5-6H2,(H,16,18). The number of hydrogen-bond acceptors (Lipinski definition) is 3. The molecule has 7 heteroatoms. The Morgan fingerprint density at radius 1 is 1.37 bits per heavy atom. The zero-order valence-electron chi connectivity index (χ0n) is 9.62. The van der Waals surface area contributed by atoms with Gasteiger partial charge in [0.05, 0.1) is 11.4 Å². The van der Waals surface area contributed by atoms with Crippen LogP contribution in [0.15, 0.2) is 24.3 Å². The molecular formula is C12H10F3NO2S. The molecule has 2 rings (SSSR count). The van der Waals surface area contributed by atoms with Crippen LogP contribution in [0, 0.1) is 5.82 Å². The Bertz CT molecular complexity index is 612. The van der Waals surface area contributed by atoms with E-state index in [0.29, 0.717) is 10.1 Å². The summed E-state index contributed by atoms with van der Waals surface area (Å²) in [4.78, 5) is 11.9. The minimum atomic E-state index is -3.35. The molecule has 1 aromatic carbocycles. The molecule has 0 saturated carbocycles. The van der Waals surface area contributed by atoms with E-state index in [9.17, 15) is 18.0 Å². The van der Waals surface area contributed by atoms with Crippen LogP contribution in [-0.2, 0) is 0 Å². The van der Waals surface area contributed by atoms with E-state index in [4.69, 9.17) is 5.11 Å². The number of carbonyl (C=O) groups is 1. The third kappa shape index (κ3) is 3.24. The van der Waals surface area contributed by atoms with Gasteiger partial charge in [0.1, 0.15) is 12.4 Å². The number of aliphatic hydroxyl groups is 1. The summed E-state index contributed by atoms with van der Waals surface area (Å²) in [5, 5.41) is 11.0. The van der Waals surface area contributed by atoms with E-state index < -0.39 is 30.8 Å². The zero-order chi connectivity index (χ0) is 14.0. The number of thiophene rings is 1. The van der Waals surface area contributed by atoms with Gasteiger partial charge in [0.25, 0.3) is 11.8 Å². The minimum absolute atomic E-state index is 0.217. The first-order chi connectivity index (χ1) is 8.91. The third-order valence-electron chi connectivity index (χ3n) is 2.44. The molecular weight excluding hydrogens is 279 g/mol. The number of fused-ring (bicyclic) bond motifs is 1. The summed E-state index contributed by atoms with van der Waals surface area (Å²) in [6.45, 7) is -2.27. The second-order valence-electron chi connectivity index (χ2n) is 3.99. The van der Waals surface area contributed by atoms with Crippen LogP contribution in [0.25, 0.3) is 10.1 Å². The van der Waals surface area contributed by atoms with Crippen LogP contribution in [0.1, 0.15) is 9.67 Å². The molecule has 2 aromatic rings. The highest BCUT2D eigenvalue weighted by molar-refractivity contribution is 7.20. The van der Waals surface area contributed by atoms with E-state index in [1.165, 1.54) is 24.3 Å². The van der Waals surface area contributed by atoms with Gasteiger partial charge in [0, 0.05) is 4.70 Å². The average Bonchev–Trinajstić information content (AvgIpc) is 2.79. The van der Waals surface area contributed by atoms with Crippen LogP contribution < -0.4 is 5.32 Å². The van der Waals surface area contributed by atoms with Gasteiger partial charge in [-0.3, -0.25) is 4.79 Å². The lowest BCUT2D eigenvalue weighted by Crippen LogP contribution is -2.38. The summed E-state index contributed by atoms with van der Waals surface area (Å²) in [5.41, 5.74) is 0. The molecule has 0 radical (unpaired) electrons. The molecule has 0 bridgehead atoms. The van der Waals surface area contributed by atoms with Crippen molar-refractivity contribution < 1.29 is 23.1 Å². The largest absolute Gasteiger partial charge is 0.390 e. The van der Waals surface area contributed by atoms with Gasteiger partial charge in [-0.1, -0.05) is 0 Å². The summed E-state index contributed by atoms with van der Waals surface area (Å²) < 4.78 is 39.2. The normalized spacial score (nSPS) is 11.8. The Kier molecular flexibility index (Phi) is 3.77. The number of rotatable bonds is 4. The van der Waals surface area contributed by atoms with Crippen molar-refractivity contribution in [2.24, 2.45) is 0 Å². The lowest BCUT2D eigenvalue weighted by molar-refractivity contribution is -0.0461. The fourth-order valence-corrected chi connectivity index (χ4v) is 2.44. The van der Waals surface area contributed by atoms with Gasteiger partial charge < -0.3 is 10.4 Å². The highest BCUT2D eigenvalue weighted by atomic mass is 32.1. The molecule has 3 nitrogen and oxygen atoms in total. The topological polar surface area (TPSA) is 49.3 Å². The van der Waals surface area contributed by atoms with Crippen LogP contribution in [-0.4, -0.2) is 30.1 Å². The quantitative estimate of drug-likeness (QED) is 0.908. The summed E-state index contributed by atoms with van der Waals surface area (Å²) in [6.07, 6.45) is 0. The fraction of sp³-hybridized carbons (Fsp3) is 0.250. The summed E-state index contributed by atoms with van der Waals surface area (Å²) in [5.74, 6) is -4.45. The first-order valence-corrected chi connectivity index (χ1v) is 6.19. The fourth-order valence-electron chi connectivity index (χ4n) is 1.48. The van der Waals surface area contributed by atoms with Gasteiger partial charge in [-0.15, -0.1) is 11.3 Å². The lowest BCUT2D eigenvalue weighted by Gasteiger charge is -2.13. The molecule has 1 heterocycles. The molecule has 1 aromatic heterocycles. The molecule has 1 amide bonds. The Hall–Kier alpha value is -1.60. The SMILES string of the molecule is O=C(NCC(F)(F)CO)c1cc2cc(F)ccc2s1. The molecule has 0 atom stereocenters.